The highest BCUT2D eigenvalue weighted by Crippen LogP contribution is 2.27. The number of fused-ring (bicyclic) bond motifs is 1. The zero-order valence-electron chi connectivity index (χ0n) is 14.4. The number of aryl methyl sites for hydroxylation is 3. The molecule has 1 aromatic carbocycles. The average molecular weight is 322 g/mol. The third-order valence-electron chi connectivity index (χ3n) is 4.97. The number of hydrogen-bond acceptors (Lipinski definition) is 2. The predicted octanol–water partition coefficient (Wildman–Crippen LogP) is 3.08. The Bertz CT molecular complexity index is 921. The van der Waals surface area contributed by atoms with E-state index in [2.05, 4.69) is 28.8 Å². The van der Waals surface area contributed by atoms with E-state index in [1.165, 1.54) is 0 Å². The van der Waals surface area contributed by atoms with Gasteiger partial charge >= 0.3 is 0 Å². The van der Waals surface area contributed by atoms with Gasteiger partial charge in [0.25, 0.3) is 5.91 Å². The monoisotopic (exact) mass is 322 g/mol. The van der Waals surface area contributed by atoms with Gasteiger partial charge in [0, 0.05) is 42.9 Å². The Morgan fingerprint density at radius 3 is 2.79 bits per heavy atom. The maximum Gasteiger partial charge on any atom is 0.256 e. The van der Waals surface area contributed by atoms with Crippen molar-refractivity contribution in [2.75, 3.05) is 13.1 Å². The normalized spacial score (nSPS) is 17.8. The number of para-hydroxylation sites is 1. The van der Waals surface area contributed by atoms with Crippen LogP contribution in [0.15, 0.2) is 36.5 Å². The van der Waals surface area contributed by atoms with Crippen LogP contribution in [0.3, 0.4) is 0 Å². The van der Waals surface area contributed by atoms with E-state index in [4.69, 9.17) is 0 Å². The lowest BCUT2D eigenvalue weighted by Crippen LogP contribution is -2.29. The average Bonchev–Trinajstić information content (AvgIpc) is 3.25. The highest BCUT2D eigenvalue weighted by molar-refractivity contribution is 6.07. The molecule has 0 bridgehead atoms. The molecule has 24 heavy (non-hydrogen) atoms. The van der Waals surface area contributed by atoms with Crippen molar-refractivity contribution in [1.29, 1.82) is 0 Å². The molecule has 1 aliphatic rings. The minimum atomic E-state index is 0.121. The number of benzene rings is 1. The SMILES string of the molecule is Cc1cc(C)n([C@@H]2CCN(C(=O)c3cn(C)c4ccccc34)C2)n1. The summed E-state index contributed by atoms with van der Waals surface area (Å²) in [6.07, 6.45) is 2.90. The number of nitrogens with zero attached hydrogens (tertiary/aromatic N) is 4. The second kappa shape index (κ2) is 5.51. The first kappa shape index (κ1) is 15.0. The number of aromatic nitrogens is 3. The molecule has 1 fully saturated rings. The topological polar surface area (TPSA) is 43.1 Å². The lowest BCUT2D eigenvalue weighted by molar-refractivity contribution is 0.0788. The summed E-state index contributed by atoms with van der Waals surface area (Å²) < 4.78 is 4.10. The van der Waals surface area contributed by atoms with Crippen LogP contribution < -0.4 is 0 Å². The molecule has 5 nitrogen and oxygen atoms in total. The molecular formula is C19H22N4O. The lowest BCUT2D eigenvalue weighted by atomic mass is 10.1. The molecule has 0 N–H and O–H groups in total. The molecule has 1 amide bonds. The van der Waals surface area contributed by atoms with Crippen LogP contribution in [-0.2, 0) is 7.05 Å². The van der Waals surface area contributed by atoms with Crippen LogP contribution in [0.2, 0.25) is 0 Å². The maximum absolute atomic E-state index is 13.0. The summed E-state index contributed by atoms with van der Waals surface area (Å²) in [6.45, 7) is 5.60. The van der Waals surface area contributed by atoms with E-state index in [-0.39, 0.29) is 11.9 Å². The van der Waals surface area contributed by atoms with Gasteiger partial charge in [-0.1, -0.05) is 18.2 Å². The third-order valence-corrected chi connectivity index (χ3v) is 4.97. The summed E-state index contributed by atoms with van der Waals surface area (Å²) in [5.41, 5.74) is 4.08. The van der Waals surface area contributed by atoms with E-state index in [9.17, 15) is 4.79 Å². The van der Waals surface area contributed by atoms with Crippen molar-refractivity contribution in [3.8, 4) is 0 Å². The Balaban J connectivity index is 1.60. The molecule has 2 aromatic heterocycles. The van der Waals surface area contributed by atoms with Crippen LogP contribution in [0.5, 0.6) is 0 Å². The minimum absolute atomic E-state index is 0.121. The van der Waals surface area contributed by atoms with E-state index in [0.29, 0.717) is 0 Å². The Labute approximate surface area is 141 Å². The van der Waals surface area contributed by atoms with Crippen LogP contribution >= 0.6 is 0 Å². The van der Waals surface area contributed by atoms with Crippen LogP contribution in [-0.4, -0.2) is 38.2 Å². The number of hydrogen-bond donors (Lipinski definition) is 0. The number of rotatable bonds is 2. The second-order valence-electron chi connectivity index (χ2n) is 6.74. The summed E-state index contributed by atoms with van der Waals surface area (Å²) in [5.74, 6) is 0.121. The van der Waals surface area contributed by atoms with Crippen LogP contribution in [0.1, 0.15) is 34.2 Å². The van der Waals surface area contributed by atoms with Gasteiger partial charge in [0.2, 0.25) is 0 Å². The first-order valence-corrected chi connectivity index (χ1v) is 8.40. The molecule has 1 aliphatic heterocycles. The van der Waals surface area contributed by atoms with Crippen molar-refractivity contribution in [2.45, 2.75) is 26.3 Å². The van der Waals surface area contributed by atoms with Gasteiger partial charge < -0.3 is 9.47 Å². The van der Waals surface area contributed by atoms with Gasteiger partial charge in [-0.3, -0.25) is 9.48 Å². The summed E-state index contributed by atoms with van der Waals surface area (Å²) in [4.78, 5) is 15.0. The lowest BCUT2D eigenvalue weighted by Gasteiger charge is -2.17. The molecule has 1 atom stereocenters. The molecule has 1 saturated heterocycles. The van der Waals surface area contributed by atoms with Gasteiger partial charge in [0.05, 0.1) is 17.3 Å². The van der Waals surface area contributed by atoms with Crippen molar-refractivity contribution in [2.24, 2.45) is 7.05 Å². The molecule has 0 radical (unpaired) electrons. The molecule has 0 unspecified atom stereocenters. The van der Waals surface area contributed by atoms with Crippen LogP contribution in [0, 0.1) is 13.8 Å². The molecule has 0 spiro atoms. The predicted molar refractivity (Wildman–Crippen MR) is 94.2 cm³/mol. The maximum atomic E-state index is 13.0. The molecule has 3 aromatic rings. The van der Waals surface area contributed by atoms with Crippen LogP contribution in [0.25, 0.3) is 10.9 Å². The van der Waals surface area contributed by atoms with Crippen molar-refractivity contribution in [3.05, 3.63) is 53.5 Å². The zero-order valence-corrected chi connectivity index (χ0v) is 14.4. The first-order valence-electron chi connectivity index (χ1n) is 8.40. The highest BCUT2D eigenvalue weighted by Gasteiger charge is 2.30. The fourth-order valence-corrected chi connectivity index (χ4v) is 3.82. The minimum Gasteiger partial charge on any atom is -0.350 e. The van der Waals surface area contributed by atoms with Crippen molar-refractivity contribution >= 4 is 16.8 Å². The van der Waals surface area contributed by atoms with Crippen LogP contribution in [0.4, 0.5) is 0 Å². The summed E-state index contributed by atoms with van der Waals surface area (Å²) in [6, 6.07) is 10.4. The highest BCUT2D eigenvalue weighted by atomic mass is 16.2. The summed E-state index contributed by atoms with van der Waals surface area (Å²) in [7, 11) is 1.99. The van der Waals surface area contributed by atoms with E-state index >= 15 is 0 Å². The van der Waals surface area contributed by atoms with E-state index in [1.54, 1.807) is 0 Å². The number of amides is 1. The fourth-order valence-electron chi connectivity index (χ4n) is 3.82. The zero-order chi connectivity index (χ0) is 16.8. The van der Waals surface area contributed by atoms with Crippen molar-refractivity contribution < 1.29 is 4.79 Å². The molecule has 3 heterocycles. The van der Waals surface area contributed by atoms with Gasteiger partial charge in [-0.25, -0.2) is 0 Å². The number of carbonyl (C=O) groups is 1. The molecular weight excluding hydrogens is 300 g/mol. The van der Waals surface area contributed by atoms with Gasteiger partial charge in [0.1, 0.15) is 0 Å². The Morgan fingerprint density at radius 1 is 1.25 bits per heavy atom. The van der Waals surface area contributed by atoms with Gasteiger partial charge in [0.15, 0.2) is 0 Å². The van der Waals surface area contributed by atoms with Crippen molar-refractivity contribution in [3.63, 3.8) is 0 Å². The number of carbonyl (C=O) groups excluding carboxylic acids is 1. The molecule has 124 valence electrons. The summed E-state index contributed by atoms with van der Waals surface area (Å²) in [5, 5.41) is 5.61. The third kappa shape index (κ3) is 2.31. The van der Waals surface area contributed by atoms with Gasteiger partial charge in [-0.15, -0.1) is 0 Å². The van der Waals surface area contributed by atoms with Crippen molar-refractivity contribution in [1.82, 2.24) is 19.2 Å². The molecule has 5 heteroatoms. The Morgan fingerprint density at radius 2 is 2.04 bits per heavy atom. The van der Waals surface area contributed by atoms with E-state index in [1.807, 2.05) is 47.8 Å². The quantitative estimate of drug-likeness (QED) is 0.728. The number of likely N-dealkylation sites (tertiary alicyclic amines) is 1. The van der Waals surface area contributed by atoms with Gasteiger partial charge in [-0.2, -0.15) is 5.10 Å². The van der Waals surface area contributed by atoms with E-state index in [0.717, 1.165) is 47.4 Å². The Hall–Kier alpha value is -2.56. The molecule has 0 saturated carbocycles. The van der Waals surface area contributed by atoms with Gasteiger partial charge in [-0.05, 0) is 32.4 Å². The second-order valence-corrected chi connectivity index (χ2v) is 6.74. The fraction of sp³-hybridized carbons (Fsp3) is 0.368. The summed E-state index contributed by atoms with van der Waals surface area (Å²) >= 11 is 0. The first-order chi connectivity index (χ1) is 11.5. The molecule has 4 rings (SSSR count). The smallest absolute Gasteiger partial charge is 0.256 e. The largest absolute Gasteiger partial charge is 0.350 e. The standard InChI is InChI=1S/C19H22N4O/c1-13-10-14(2)23(20-13)15-8-9-22(11-15)19(24)17-12-21(3)18-7-5-4-6-16(17)18/h4-7,10,12,15H,8-9,11H2,1-3H3/t15-/m1/s1. The van der Waals surface area contributed by atoms with E-state index < -0.39 is 0 Å². The Kier molecular flexibility index (Phi) is 3.44. The molecule has 0 aliphatic carbocycles.